The SMILES string of the molecule is CNC1(c2ccccc2)CCc2nnsc2C1. The fraction of sp³-hybridized carbons (Fsp3) is 0.385. The third-order valence-corrected chi connectivity index (χ3v) is 4.45. The monoisotopic (exact) mass is 245 g/mol. The highest BCUT2D eigenvalue weighted by molar-refractivity contribution is 7.05. The lowest BCUT2D eigenvalue weighted by Gasteiger charge is -2.36. The number of aryl methyl sites for hydroxylation is 1. The molecule has 4 heteroatoms. The van der Waals surface area contributed by atoms with Gasteiger partial charge in [0.15, 0.2) is 0 Å². The number of likely N-dealkylation sites (N-methyl/N-ethyl adjacent to an activating group) is 1. The van der Waals surface area contributed by atoms with E-state index in [2.05, 4.69) is 45.2 Å². The van der Waals surface area contributed by atoms with Gasteiger partial charge in [-0.2, -0.15) is 0 Å². The fourth-order valence-corrected chi connectivity index (χ4v) is 3.40. The van der Waals surface area contributed by atoms with Crippen LogP contribution in [-0.4, -0.2) is 16.6 Å². The number of hydrogen-bond acceptors (Lipinski definition) is 4. The summed E-state index contributed by atoms with van der Waals surface area (Å²) in [5.74, 6) is 0. The van der Waals surface area contributed by atoms with Crippen molar-refractivity contribution in [3.8, 4) is 0 Å². The van der Waals surface area contributed by atoms with Gasteiger partial charge in [0.05, 0.1) is 10.6 Å². The van der Waals surface area contributed by atoms with Crippen molar-refractivity contribution in [2.75, 3.05) is 7.05 Å². The molecule has 1 unspecified atom stereocenters. The first-order chi connectivity index (χ1) is 8.34. The van der Waals surface area contributed by atoms with Crippen molar-refractivity contribution in [2.45, 2.75) is 24.8 Å². The summed E-state index contributed by atoms with van der Waals surface area (Å²) >= 11 is 1.54. The minimum atomic E-state index is 0.0580. The zero-order valence-corrected chi connectivity index (χ0v) is 10.6. The molecular formula is C13H15N3S. The van der Waals surface area contributed by atoms with Crippen molar-refractivity contribution < 1.29 is 0 Å². The van der Waals surface area contributed by atoms with E-state index in [-0.39, 0.29) is 5.54 Å². The Morgan fingerprint density at radius 2 is 2.12 bits per heavy atom. The van der Waals surface area contributed by atoms with E-state index in [9.17, 15) is 0 Å². The molecule has 17 heavy (non-hydrogen) atoms. The van der Waals surface area contributed by atoms with Gasteiger partial charge in [0.25, 0.3) is 0 Å². The molecule has 0 amide bonds. The highest BCUT2D eigenvalue weighted by Crippen LogP contribution is 2.36. The molecule has 1 aliphatic carbocycles. The molecule has 0 spiro atoms. The Hall–Kier alpha value is -1.26. The summed E-state index contributed by atoms with van der Waals surface area (Å²) < 4.78 is 4.06. The van der Waals surface area contributed by atoms with E-state index < -0.39 is 0 Å². The number of rotatable bonds is 2. The Bertz CT molecular complexity index is 508. The Balaban J connectivity index is 2.01. The summed E-state index contributed by atoms with van der Waals surface area (Å²) in [6, 6.07) is 10.7. The molecule has 1 N–H and O–H groups in total. The number of aromatic nitrogens is 2. The molecule has 1 heterocycles. The average Bonchev–Trinajstić information content (AvgIpc) is 2.86. The van der Waals surface area contributed by atoms with E-state index in [4.69, 9.17) is 0 Å². The smallest absolute Gasteiger partial charge is 0.0789 e. The van der Waals surface area contributed by atoms with Crippen molar-refractivity contribution in [3.63, 3.8) is 0 Å². The Labute approximate surface area is 105 Å². The van der Waals surface area contributed by atoms with E-state index in [1.54, 1.807) is 0 Å². The molecule has 0 saturated carbocycles. The number of benzene rings is 1. The summed E-state index contributed by atoms with van der Waals surface area (Å²) in [7, 11) is 2.05. The molecule has 88 valence electrons. The van der Waals surface area contributed by atoms with E-state index in [0.29, 0.717) is 0 Å². The molecule has 3 nitrogen and oxygen atoms in total. The maximum atomic E-state index is 4.19. The second kappa shape index (κ2) is 4.20. The van der Waals surface area contributed by atoms with Gasteiger partial charge < -0.3 is 5.32 Å². The van der Waals surface area contributed by atoms with Crippen LogP contribution in [0.25, 0.3) is 0 Å². The van der Waals surface area contributed by atoms with Crippen molar-refractivity contribution in [2.24, 2.45) is 0 Å². The molecule has 1 atom stereocenters. The lowest BCUT2D eigenvalue weighted by molar-refractivity contribution is 0.315. The van der Waals surface area contributed by atoms with Crippen LogP contribution in [-0.2, 0) is 18.4 Å². The zero-order chi connectivity index (χ0) is 11.7. The lowest BCUT2D eigenvalue weighted by atomic mass is 9.78. The van der Waals surface area contributed by atoms with Gasteiger partial charge in [0.2, 0.25) is 0 Å². The number of hydrogen-bond donors (Lipinski definition) is 1. The van der Waals surface area contributed by atoms with Crippen LogP contribution in [0.4, 0.5) is 0 Å². The standard InChI is InChI=1S/C13H15N3S/c1-14-13(10-5-3-2-4-6-10)8-7-11-12(9-13)17-16-15-11/h2-6,14H,7-9H2,1H3. The first kappa shape index (κ1) is 10.9. The highest BCUT2D eigenvalue weighted by Gasteiger charge is 2.36. The lowest BCUT2D eigenvalue weighted by Crippen LogP contribution is -2.44. The van der Waals surface area contributed by atoms with Gasteiger partial charge in [-0.1, -0.05) is 34.8 Å². The Morgan fingerprint density at radius 1 is 1.29 bits per heavy atom. The summed E-state index contributed by atoms with van der Waals surface area (Å²) in [6.45, 7) is 0. The fourth-order valence-electron chi connectivity index (χ4n) is 2.61. The molecule has 0 fully saturated rings. The molecule has 0 aliphatic heterocycles. The number of nitrogens with zero attached hydrogens (tertiary/aromatic N) is 2. The maximum absolute atomic E-state index is 4.19. The number of fused-ring (bicyclic) bond motifs is 1. The minimum absolute atomic E-state index is 0.0580. The van der Waals surface area contributed by atoms with Crippen LogP contribution in [0.15, 0.2) is 30.3 Å². The van der Waals surface area contributed by atoms with E-state index in [0.717, 1.165) is 19.3 Å². The molecule has 1 aromatic carbocycles. The van der Waals surface area contributed by atoms with Gasteiger partial charge in [-0.25, -0.2) is 0 Å². The molecule has 2 aromatic rings. The quantitative estimate of drug-likeness (QED) is 0.881. The maximum Gasteiger partial charge on any atom is 0.0789 e. The van der Waals surface area contributed by atoms with Crippen molar-refractivity contribution in [3.05, 3.63) is 46.5 Å². The summed E-state index contributed by atoms with van der Waals surface area (Å²) in [5.41, 5.74) is 2.61. The van der Waals surface area contributed by atoms with Gasteiger partial charge in [-0.15, -0.1) is 5.10 Å². The van der Waals surface area contributed by atoms with Crippen LogP contribution in [0.3, 0.4) is 0 Å². The van der Waals surface area contributed by atoms with E-state index in [1.807, 2.05) is 7.05 Å². The second-order valence-corrected chi connectivity index (χ2v) is 5.36. The van der Waals surface area contributed by atoms with Gasteiger partial charge in [-0.3, -0.25) is 0 Å². The topological polar surface area (TPSA) is 37.8 Å². The van der Waals surface area contributed by atoms with Crippen LogP contribution in [0, 0.1) is 0 Å². The third-order valence-electron chi connectivity index (χ3n) is 3.69. The molecule has 0 radical (unpaired) electrons. The first-order valence-corrected chi connectivity index (χ1v) is 6.66. The van der Waals surface area contributed by atoms with Gasteiger partial charge in [0.1, 0.15) is 0 Å². The van der Waals surface area contributed by atoms with E-state index in [1.165, 1.54) is 27.7 Å². The Kier molecular flexibility index (Phi) is 2.68. The molecule has 1 aromatic heterocycles. The normalized spacial score (nSPS) is 23.4. The predicted molar refractivity (Wildman–Crippen MR) is 69.1 cm³/mol. The van der Waals surface area contributed by atoms with Crippen LogP contribution >= 0.6 is 11.5 Å². The molecule has 3 rings (SSSR count). The zero-order valence-electron chi connectivity index (χ0n) is 9.81. The summed E-state index contributed by atoms with van der Waals surface area (Å²) in [5, 5.41) is 7.71. The predicted octanol–water partition coefficient (Wildman–Crippen LogP) is 2.14. The molecule has 1 aliphatic rings. The van der Waals surface area contributed by atoms with Crippen LogP contribution in [0.5, 0.6) is 0 Å². The largest absolute Gasteiger partial charge is 0.310 e. The first-order valence-electron chi connectivity index (χ1n) is 5.89. The highest BCUT2D eigenvalue weighted by atomic mass is 32.1. The Morgan fingerprint density at radius 3 is 2.88 bits per heavy atom. The molecule has 0 bridgehead atoms. The summed E-state index contributed by atoms with van der Waals surface area (Å²) in [6.07, 6.45) is 3.11. The van der Waals surface area contributed by atoms with Crippen molar-refractivity contribution >= 4 is 11.5 Å². The second-order valence-electron chi connectivity index (χ2n) is 4.52. The minimum Gasteiger partial charge on any atom is -0.310 e. The average molecular weight is 245 g/mol. The van der Waals surface area contributed by atoms with Crippen molar-refractivity contribution in [1.82, 2.24) is 14.9 Å². The van der Waals surface area contributed by atoms with Gasteiger partial charge in [0, 0.05) is 12.0 Å². The van der Waals surface area contributed by atoms with Gasteiger partial charge in [-0.05, 0) is 37.0 Å². The third kappa shape index (κ3) is 1.77. The molecule has 0 saturated heterocycles. The number of nitrogens with one attached hydrogen (secondary N) is 1. The molecular weight excluding hydrogens is 230 g/mol. The van der Waals surface area contributed by atoms with Crippen LogP contribution in [0.1, 0.15) is 22.6 Å². The van der Waals surface area contributed by atoms with Crippen LogP contribution in [0.2, 0.25) is 0 Å². The van der Waals surface area contributed by atoms with Crippen LogP contribution < -0.4 is 5.32 Å². The van der Waals surface area contributed by atoms with Gasteiger partial charge >= 0.3 is 0 Å². The summed E-state index contributed by atoms with van der Waals surface area (Å²) in [4.78, 5) is 1.33. The van der Waals surface area contributed by atoms with E-state index >= 15 is 0 Å². The van der Waals surface area contributed by atoms with Crippen molar-refractivity contribution in [1.29, 1.82) is 0 Å².